The van der Waals surface area contributed by atoms with Gasteiger partial charge >= 0.3 is 0 Å². The molecule has 2 fully saturated rings. The number of likely N-dealkylation sites (tertiary alicyclic amines) is 1. The number of hydrogen-bond acceptors (Lipinski definition) is 5. The van der Waals surface area contributed by atoms with E-state index >= 15 is 0 Å². The predicted octanol–water partition coefficient (Wildman–Crippen LogP) is 0.844. The molecule has 1 atom stereocenters. The average molecular weight is 435 g/mol. The minimum atomic E-state index is -3.46. The first-order valence-corrected chi connectivity index (χ1v) is 11.9. The minimum absolute atomic E-state index is 0.0674. The van der Waals surface area contributed by atoms with Crippen molar-refractivity contribution in [2.75, 3.05) is 26.2 Å². The fraction of sp³-hybridized carbons (Fsp3) is 0.524. The van der Waals surface area contributed by atoms with Crippen molar-refractivity contribution in [3.8, 4) is 0 Å². The minimum Gasteiger partial charge on any atom is -0.369 e. The largest absolute Gasteiger partial charge is 0.369 e. The number of primary amides is 1. The molecule has 1 aromatic rings. The predicted molar refractivity (Wildman–Crippen MR) is 115 cm³/mol. The van der Waals surface area contributed by atoms with Gasteiger partial charge in [-0.25, -0.2) is 13.1 Å². The van der Waals surface area contributed by atoms with Gasteiger partial charge in [0, 0.05) is 25.2 Å². The number of nitrogens with zero attached hydrogens (tertiary/aromatic N) is 1. The van der Waals surface area contributed by atoms with Crippen LogP contribution in [0.5, 0.6) is 0 Å². The van der Waals surface area contributed by atoms with Gasteiger partial charge in [0.15, 0.2) is 0 Å². The van der Waals surface area contributed by atoms with Crippen molar-refractivity contribution in [2.24, 2.45) is 11.7 Å². The second kappa shape index (κ2) is 10.2. The monoisotopic (exact) mass is 434 g/mol. The van der Waals surface area contributed by atoms with E-state index in [0.29, 0.717) is 13.1 Å². The molecule has 0 bridgehead atoms. The van der Waals surface area contributed by atoms with Gasteiger partial charge in [0.1, 0.15) is 0 Å². The highest BCUT2D eigenvalue weighted by molar-refractivity contribution is 7.89. The molecule has 30 heavy (non-hydrogen) atoms. The third-order valence-corrected chi connectivity index (χ3v) is 6.91. The summed E-state index contributed by atoms with van der Waals surface area (Å²) in [6.07, 6.45) is 7.50. The zero-order chi connectivity index (χ0) is 21.6. The average Bonchev–Trinajstić information content (AvgIpc) is 3.53. The van der Waals surface area contributed by atoms with Crippen LogP contribution in [-0.4, -0.2) is 57.4 Å². The van der Waals surface area contributed by atoms with Crippen LogP contribution in [-0.2, 0) is 19.6 Å². The molecule has 0 spiro atoms. The number of hydrogen-bond donors (Lipinski definition) is 3. The lowest BCUT2D eigenvalue weighted by Crippen LogP contribution is -2.42. The van der Waals surface area contributed by atoms with E-state index in [0.717, 1.165) is 50.8 Å². The van der Waals surface area contributed by atoms with Gasteiger partial charge < -0.3 is 16.0 Å². The van der Waals surface area contributed by atoms with Gasteiger partial charge in [0.05, 0.1) is 10.8 Å². The highest BCUT2D eigenvalue weighted by Gasteiger charge is 2.27. The van der Waals surface area contributed by atoms with Crippen molar-refractivity contribution in [1.29, 1.82) is 0 Å². The summed E-state index contributed by atoms with van der Waals surface area (Å²) in [5.74, 6) is -0.499. The van der Waals surface area contributed by atoms with Gasteiger partial charge in [-0.15, -0.1) is 0 Å². The maximum atomic E-state index is 12.2. The first-order chi connectivity index (χ1) is 14.3. The van der Waals surface area contributed by atoms with Crippen LogP contribution >= 0.6 is 0 Å². The second-order valence-corrected chi connectivity index (χ2v) is 9.70. The maximum Gasteiger partial charge on any atom is 0.243 e. The van der Waals surface area contributed by atoms with Crippen LogP contribution in [0.1, 0.15) is 37.7 Å². The molecule has 0 radical (unpaired) electrons. The van der Waals surface area contributed by atoms with Gasteiger partial charge in [0.2, 0.25) is 21.8 Å². The van der Waals surface area contributed by atoms with Gasteiger partial charge in [-0.2, -0.15) is 0 Å². The second-order valence-electron chi connectivity index (χ2n) is 7.98. The standard InChI is InChI=1S/C21H30N4O4S/c22-21(27)17-3-1-13-25(15-17)14-2-12-23-20(26)11-6-16-4-9-19(10-5-16)30(28,29)24-18-7-8-18/h4-6,9-11,17-18,24H,1-3,7-8,12-15H2,(H2,22,27)(H,23,26)/b11-6+. The smallest absolute Gasteiger partial charge is 0.243 e. The molecule has 0 aromatic heterocycles. The summed E-state index contributed by atoms with van der Waals surface area (Å²) >= 11 is 0. The number of piperidine rings is 1. The number of sulfonamides is 1. The Morgan fingerprint density at radius 3 is 2.57 bits per heavy atom. The molecule has 1 heterocycles. The Morgan fingerprint density at radius 1 is 1.17 bits per heavy atom. The highest BCUT2D eigenvalue weighted by Crippen LogP contribution is 2.22. The number of carbonyl (C=O) groups excluding carboxylic acids is 2. The summed E-state index contributed by atoms with van der Waals surface area (Å²) in [6, 6.07) is 6.51. The number of nitrogens with one attached hydrogen (secondary N) is 2. The molecule has 1 aliphatic heterocycles. The Balaban J connectivity index is 1.37. The van der Waals surface area contributed by atoms with Crippen LogP contribution in [0.25, 0.3) is 6.08 Å². The number of carbonyl (C=O) groups is 2. The molecule has 4 N–H and O–H groups in total. The quantitative estimate of drug-likeness (QED) is 0.372. The van der Waals surface area contributed by atoms with E-state index in [-0.39, 0.29) is 28.7 Å². The lowest BCUT2D eigenvalue weighted by molar-refractivity contribution is -0.123. The Kier molecular flexibility index (Phi) is 7.63. The molecule has 3 rings (SSSR count). The van der Waals surface area contributed by atoms with Gasteiger partial charge in [-0.05, 0) is 69.0 Å². The summed E-state index contributed by atoms with van der Waals surface area (Å²) in [4.78, 5) is 25.7. The summed E-state index contributed by atoms with van der Waals surface area (Å²) in [5, 5.41) is 2.84. The molecule has 9 heteroatoms. The van der Waals surface area contributed by atoms with E-state index in [1.54, 1.807) is 30.3 Å². The van der Waals surface area contributed by atoms with E-state index in [9.17, 15) is 18.0 Å². The maximum absolute atomic E-state index is 12.2. The molecule has 1 saturated carbocycles. The summed E-state index contributed by atoms with van der Waals surface area (Å²) in [5.41, 5.74) is 6.14. The van der Waals surface area contributed by atoms with Crippen molar-refractivity contribution in [1.82, 2.24) is 14.9 Å². The number of amides is 2. The highest BCUT2D eigenvalue weighted by atomic mass is 32.2. The lowest BCUT2D eigenvalue weighted by atomic mass is 9.97. The molecule has 1 aromatic carbocycles. The van der Waals surface area contributed by atoms with Gasteiger partial charge in [-0.1, -0.05) is 12.1 Å². The van der Waals surface area contributed by atoms with Crippen molar-refractivity contribution >= 4 is 27.9 Å². The summed E-state index contributed by atoms with van der Waals surface area (Å²) in [7, 11) is -3.46. The van der Waals surface area contributed by atoms with Crippen LogP contribution in [0, 0.1) is 5.92 Å². The van der Waals surface area contributed by atoms with Crippen LogP contribution in [0.15, 0.2) is 35.2 Å². The third-order valence-electron chi connectivity index (χ3n) is 5.37. The van der Waals surface area contributed by atoms with Gasteiger partial charge in [0.25, 0.3) is 0 Å². The van der Waals surface area contributed by atoms with E-state index in [1.165, 1.54) is 6.08 Å². The van der Waals surface area contributed by atoms with E-state index in [2.05, 4.69) is 14.9 Å². The molecule has 2 aliphatic rings. The normalized spacial score (nSPS) is 20.3. The Morgan fingerprint density at radius 2 is 1.90 bits per heavy atom. The number of benzene rings is 1. The topological polar surface area (TPSA) is 122 Å². The number of rotatable bonds is 10. The third kappa shape index (κ3) is 6.93. The van der Waals surface area contributed by atoms with Crippen LogP contribution < -0.4 is 15.8 Å². The zero-order valence-electron chi connectivity index (χ0n) is 17.0. The Labute approximate surface area is 177 Å². The van der Waals surface area contributed by atoms with Crippen LogP contribution in [0.3, 0.4) is 0 Å². The fourth-order valence-corrected chi connectivity index (χ4v) is 4.79. The van der Waals surface area contributed by atoms with Crippen molar-refractivity contribution in [2.45, 2.75) is 43.0 Å². The molecule has 164 valence electrons. The Bertz CT molecular complexity index is 879. The van der Waals surface area contributed by atoms with Gasteiger partial charge in [-0.3, -0.25) is 9.59 Å². The molecule has 2 amide bonds. The van der Waals surface area contributed by atoms with Crippen molar-refractivity contribution in [3.05, 3.63) is 35.9 Å². The van der Waals surface area contributed by atoms with Crippen molar-refractivity contribution < 1.29 is 18.0 Å². The molecule has 1 aliphatic carbocycles. The van der Waals surface area contributed by atoms with Crippen LogP contribution in [0.2, 0.25) is 0 Å². The molecular weight excluding hydrogens is 404 g/mol. The van der Waals surface area contributed by atoms with Crippen molar-refractivity contribution in [3.63, 3.8) is 0 Å². The first-order valence-electron chi connectivity index (χ1n) is 10.4. The number of nitrogens with two attached hydrogens (primary N) is 1. The molecular formula is C21H30N4O4S. The Hall–Kier alpha value is -2.23. The SMILES string of the molecule is NC(=O)C1CCCN(CCCNC(=O)/C=C/c2ccc(S(=O)(=O)NC3CC3)cc2)C1. The van der Waals surface area contributed by atoms with Crippen LogP contribution in [0.4, 0.5) is 0 Å². The van der Waals surface area contributed by atoms with E-state index < -0.39 is 10.0 Å². The lowest BCUT2D eigenvalue weighted by Gasteiger charge is -2.31. The summed E-state index contributed by atoms with van der Waals surface area (Å²) in [6.45, 7) is 3.02. The molecule has 8 nitrogen and oxygen atoms in total. The first kappa shape index (κ1) is 22.5. The summed E-state index contributed by atoms with van der Waals surface area (Å²) < 4.78 is 26.9. The fourth-order valence-electron chi connectivity index (χ4n) is 3.48. The molecule has 1 unspecified atom stereocenters. The molecule has 1 saturated heterocycles. The van der Waals surface area contributed by atoms with E-state index in [1.807, 2.05) is 0 Å². The zero-order valence-corrected chi connectivity index (χ0v) is 17.9. The van der Waals surface area contributed by atoms with E-state index in [4.69, 9.17) is 5.73 Å².